The summed E-state index contributed by atoms with van der Waals surface area (Å²) in [6.07, 6.45) is -0.0368. The van der Waals surface area contributed by atoms with Crippen molar-refractivity contribution in [1.29, 1.82) is 0 Å². The number of amides is 1. The number of benzene rings is 1. The van der Waals surface area contributed by atoms with Crippen LogP contribution in [0.15, 0.2) is 42.5 Å². The van der Waals surface area contributed by atoms with Crippen LogP contribution in [0.3, 0.4) is 0 Å². The molecule has 1 aromatic carbocycles. The van der Waals surface area contributed by atoms with Gasteiger partial charge in [-0.1, -0.05) is 23.7 Å². The van der Waals surface area contributed by atoms with E-state index < -0.39 is 11.9 Å². The van der Waals surface area contributed by atoms with Crippen LogP contribution >= 0.6 is 22.9 Å². The van der Waals surface area contributed by atoms with Gasteiger partial charge in [0.2, 0.25) is 0 Å². The van der Waals surface area contributed by atoms with Crippen LogP contribution in [0, 0.1) is 0 Å². The van der Waals surface area contributed by atoms with E-state index in [1.54, 1.807) is 12.1 Å². The summed E-state index contributed by atoms with van der Waals surface area (Å²) in [5, 5.41) is 7.82. The first-order chi connectivity index (χ1) is 16.5. The first kappa shape index (κ1) is 25.7. The van der Waals surface area contributed by atoms with Gasteiger partial charge < -0.3 is 10.2 Å². The summed E-state index contributed by atoms with van der Waals surface area (Å²) < 4.78 is 40.1. The standard InChI is InChI=1S/C25H28ClF3N4OS/c1-32(2)24(15-16-5-4-6-17(26)13-16)11-9-18(10-12-24)30-23(34)21-8-7-20(35-21)19-14-22(25(27,28)29)33(3)31-19/h4-8,13-14,18H,9-12,15H2,1-3H3,(H,30,34). The van der Waals surface area contributed by atoms with Gasteiger partial charge in [-0.05, 0) is 82.1 Å². The third-order valence-electron chi connectivity index (χ3n) is 6.87. The van der Waals surface area contributed by atoms with E-state index in [1.165, 1.54) is 12.6 Å². The molecule has 3 aromatic rings. The first-order valence-electron chi connectivity index (χ1n) is 11.4. The van der Waals surface area contributed by atoms with Crippen LogP contribution in [0.1, 0.15) is 46.6 Å². The number of hydrogen-bond donors (Lipinski definition) is 1. The molecule has 1 aliphatic rings. The summed E-state index contributed by atoms with van der Waals surface area (Å²) in [5.74, 6) is -0.203. The Hall–Kier alpha value is -2.36. The van der Waals surface area contributed by atoms with Gasteiger partial charge in [-0.3, -0.25) is 9.48 Å². The number of carbonyl (C=O) groups excluding carboxylic acids is 1. The molecule has 2 heterocycles. The van der Waals surface area contributed by atoms with Crippen molar-refractivity contribution in [3.63, 3.8) is 0 Å². The van der Waals surface area contributed by atoms with Crippen LogP contribution in [0.4, 0.5) is 13.2 Å². The maximum atomic E-state index is 13.1. The average molecular weight is 525 g/mol. The van der Waals surface area contributed by atoms with Crippen molar-refractivity contribution in [3.05, 3.63) is 63.6 Å². The predicted molar refractivity (Wildman–Crippen MR) is 133 cm³/mol. The van der Waals surface area contributed by atoms with Crippen LogP contribution < -0.4 is 5.32 Å². The fourth-order valence-corrected chi connectivity index (χ4v) is 5.89. The van der Waals surface area contributed by atoms with E-state index in [-0.39, 0.29) is 23.2 Å². The van der Waals surface area contributed by atoms with Crippen LogP contribution in [0.25, 0.3) is 10.6 Å². The van der Waals surface area contributed by atoms with Crippen molar-refractivity contribution in [2.45, 2.75) is 49.9 Å². The molecule has 188 valence electrons. The zero-order valence-corrected chi connectivity index (χ0v) is 21.4. The van der Waals surface area contributed by atoms with Crippen LogP contribution in [0.2, 0.25) is 5.02 Å². The average Bonchev–Trinajstić information content (AvgIpc) is 3.42. The van der Waals surface area contributed by atoms with Gasteiger partial charge in [0.15, 0.2) is 0 Å². The molecular formula is C25H28ClF3N4OS. The normalized spacial score (nSPS) is 20.9. The summed E-state index contributed by atoms with van der Waals surface area (Å²) in [6, 6.07) is 12.3. The molecule has 1 fully saturated rings. The highest BCUT2D eigenvalue weighted by molar-refractivity contribution is 7.17. The van der Waals surface area contributed by atoms with E-state index in [4.69, 9.17) is 11.6 Å². The summed E-state index contributed by atoms with van der Waals surface area (Å²) in [4.78, 5) is 16.1. The van der Waals surface area contributed by atoms with Gasteiger partial charge in [-0.2, -0.15) is 18.3 Å². The van der Waals surface area contributed by atoms with Gasteiger partial charge in [-0.25, -0.2) is 0 Å². The molecule has 0 saturated heterocycles. The fraction of sp³-hybridized carbons (Fsp3) is 0.440. The SMILES string of the molecule is CN(C)C1(Cc2cccc(Cl)c2)CCC(NC(=O)c2ccc(-c3cc(C(F)(F)F)n(C)n3)s2)CC1. The topological polar surface area (TPSA) is 50.2 Å². The van der Waals surface area contributed by atoms with Crippen molar-refractivity contribution in [2.75, 3.05) is 14.1 Å². The quantitative estimate of drug-likeness (QED) is 0.428. The molecule has 0 radical (unpaired) electrons. The first-order valence-corrected chi connectivity index (χ1v) is 12.6. The largest absolute Gasteiger partial charge is 0.433 e. The number of alkyl halides is 3. The minimum atomic E-state index is -4.48. The summed E-state index contributed by atoms with van der Waals surface area (Å²) in [7, 11) is 5.45. The lowest BCUT2D eigenvalue weighted by molar-refractivity contribution is -0.143. The Bertz CT molecular complexity index is 1200. The maximum Gasteiger partial charge on any atom is 0.433 e. The molecule has 35 heavy (non-hydrogen) atoms. The molecule has 0 aliphatic heterocycles. The Morgan fingerprint density at radius 1 is 1.23 bits per heavy atom. The molecule has 0 atom stereocenters. The Morgan fingerprint density at radius 2 is 1.94 bits per heavy atom. The Morgan fingerprint density at radius 3 is 2.54 bits per heavy atom. The Labute approximate surface area is 211 Å². The van der Waals surface area contributed by atoms with Gasteiger partial charge in [0.25, 0.3) is 5.91 Å². The summed E-state index contributed by atoms with van der Waals surface area (Å²) in [5.41, 5.74) is 0.578. The molecule has 2 aromatic heterocycles. The minimum Gasteiger partial charge on any atom is -0.349 e. The van der Waals surface area contributed by atoms with Crippen LogP contribution in [-0.2, 0) is 19.6 Å². The summed E-state index contributed by atoms with van der Waals surface area (Å²) >= 11 is 7.33. The summed E-state index contributed by atoms with van der Waals surface area (Å²) in [6.45, 7) is 0. The van der Waals surface area contributed by atoms with Crippen molar-refractivity contribution >= 4 is 28.8 Å². The monoisotopic (exact) mass is 524 g/mol. The van der Waals surface area contributed by atoms with E-state index in [2.05, 4.69) is 35.5 Å². The maximum absolute atomic E-state index is 13.1. The van der Waals surface area contributed by atoms with Crippen molar-refractivity contribution in [3.8, 4) is 10.6 Å². The number of hydrogen-bond acceptors (Lipinski definition) is 4. The number of thiophene rings is 1. The van der Waals surface area contributed by atoms with E-state index in [9.17, 15) is 18.0 Å². The van der Waals surface area contributed by atoms with Gasteiger partial charge in [0.1, 0.15) is 11.4 Å². The molecule has 1 saturated carbocycles. The van der Waals surface area contributed by atoms with Gasteiger partial charge in [0.05, 0.1) is 9.75 Å². The zero-order chi connectivity index (χ0) is 25.4. The number of rotatable bonds is 6. The van der Waals surface area contributed by atoms with Crippen molar-refractivity contribution < 1.29 is 18.0 Å². The lowest BCUT2D eigenvalue weighted by Gasteiger charge is -2.45. The third-order valence-corrected chi connectivity index (χ3v) is 8.22. The second kappa shape index (κ2) is 9.95. The second-order valence-electron chi connectivity index (χ2n) is 9.37. The molecule has 1 amide bonds. The molecule has 0 spiro atoms. The number of nitrogens with zero attached hydrogens (tertiary/aromatic N) is 3. The molecule has 0 bridgehead atoms. The third kappa shape index (κ3) is 5.73. The highest BCUT2D eigenvalue weighted by atomic mass is 35.5. The van der Waals surface area contributed by atoms with E-state index in [0.717, 1.165) is 59.2 Å². The van der Waals surface area contributed by atoms with E-state index in [1.807, 2.05) is 18.2 Å². The predicted octanol–water partition coefficient (Wildman–Crippen LogP) is 6.04. The molecule has 1 aliphatic carbocycles. The number of nitrogens with one attached hydrogen (secondary N) is 1. The number of aryl methyl sites for hydroxylation is 1. The lowest BCUT2D eigenvalue weighted by Crippen LogP contribution is -2.52. The molecule has 1 N–H and O–H groups in total. The Balaban J connectivity index is 1.39. The van der Waals surface area contributed by atoms with Crippen molar-refractivity contribution in [2.24, 2.45) is 7.05 Å². The van der Waals surface area contributed by atoms with Gasteiger partial charge in [0, 0.05) is 23.7 Å². The minimum absolute atomic E-state index is 0.00280. The highest BCUT2D eigenvalue weighted by Gasteiger charge is 2.38. The molecule has 4 rings (SSSR count). The van der Waals surface area contributed by atoms with Crippen LogP contribution in [-0.4, -0.2) is 46.3 Å². The second-order valence-corrected chi connectivity index (χ2v) is 10.9. The molecular weight excluding hydrogens is 497 g/mol. The number of aromatic nitrogens is 2. The lowest BCUT2D eigenvalue weighted by atomic mass is 9.75. The Kier molecular flexibility index (Phi) is 7.31. The van der Waals surface area contributed by atoms with Crippen LogP contribution in [0.5, 0.6) is 0 Å². The number of halogens is 4. The highest BCUT2D eigenvalue weighted by Crippen LogP contribution is 2.37. The smallest absolute Gasteiger partial charge is 0.349 e. The molecule has 10 heteroatoms. The van der Waals surface area contributed by atoms with Gasteiger partial charge >= 0.3 is 6.18 Å². The number of carbonyl (C=O) groups is 1. The van der Waals surface area contributed by atoms with Crippen molar-refractivity contribution in [1.82, 2.24) is 20.0 Å². The number of likely N-dealkylation sites (N-methyl/N-ethyl adjacent to an activating group) is 1. The zero-order valence-electron chi connectivity index (χ0n) is 19.8. The fourth-order valence-electron chi connectivity index (χ4n) is 4.82. The molecule has 5 nitrogen and oxygen atoms in total. The van der Waals surface area contributed by atoms with E-state index >= 15 is 0 Å². The van der Waals surface area contributed by atoms with E-state index in [0.29, 0.717) is 9.75 Å². The molecule has 0 unspecified atom stereocenters. The van der Waals surface area contributed by atoms with Gasteiger partial charge in [-0.15, -0.1) is 11.3 Å².